The number of hydrogen-bond donors (Lipinski definition) is 1. The first-order chi connectivity index (χ1) is 13.0. The molecule has 0 aliphatic heterocycles. The number of benzene rings is 2. The second kappa shape index (κ2) is 9.62. The van der Waals surface area contributed by atoms with Gasteiger partial charge in [0, 0.05) is 19.1 Å². The van der Waals surface area contributed by atoms with Crippen LogP contribution in [0.2, 0.25) is 0 Å². The zero-order chi connectivity index (χ0) is 19.8. The maximum Gasteiger partial charge on any atom is 0.312 e. The molecule has 0 spiro atoms. The Morgan fingerprint density at radius 3 is 2.22 bits per heavy atom. The van der Waals surface area contributed by atoms with Crippen LogP contribution in [0.25, 0.3) is 0 Å². The summed E-state index contributed by atoms with van der Waals surface area (Å²) in [5, 5.41) is 2.68. The lowest BCUT2D eigenvalue weighted by Crippen LogP contribution is -2.45. The Hall–Kier alpha value is -3.02. The molecule has 2 aromatic carbocycles. The maximum atomic E-state index is 12.6. The van der Waals surface area contributed by atoms with E-state index < -0.39 is 11.8 Å². The molecule has 0 aliphatic rings. The lowest BCUT2D eigenvalue weighted by atomic mass is 10.1. The van der Waals surface area contributed by atoms with E-state index in [1.54, 1.807) is 31.3 Å². The van der Waals surface area contributed by atoms with Crippen LogP contribution in [0, 0.1) is 0 Å². The topological polar surface area (TPSA) is 67.9 Å². The minimum atomic E-state index is -0.630. The van der Waals surface area contributed by atoms with Crippen LogP contribution in [0.3, 0.4) is 0 Å². The minimum absolute atomic E-state index is 0.0930. The Kier molecular flexibility index (Phi) is 7.23. The van der Waals surface area contributed by atoms with Crippen molar-refractivity contribution in [3.8, 4) is 11.5 Å². The molecule has 0 fully saturated rings. The third kappa shape index (κ3) is 5.48. The van der Waals surface area contributed by atoms with E-state index in [1.165, 1.54) is 0 Å². The van der Waals surface area contributed by atoms with Crippen molar-refractivity contribution in [3.05, 3.63) is 59.7 Å². The number of rotatable bonds is 7. The van der Waals surface area contributed by atoms with Gasteiger partial charge in [-0.2, -0.15) is 0 Å². The van der Waals surface area contributed by atoms with Crippen molar-refractivity contribution in [2.75, 3.05) is 14.2 Å². The Morgan fingerprint density at radius 1 is 0.963 bits per heavy atom. The van der Waals surface area contributed by atoms with E-state index in [1.807, 2.05) is 50.2 Å². The molecule has 0 saturated carbocycles. The summed E-state index contributed by atoms with van der Waals surface area (Å²) in [6.45, 7) is 4.40. The highest BCUT2D eigenvalue weighted by atomic mass is 16.5. The molecular formula is C21H26N2O4. The number of ether oxygens (including phenoxy) is 2. The predicted molar refractivity (Wildman–Crippen MR) is 104 cm³/mol. The van der Waals surface area contributed by atoms with Crippen LogP contribution in [-0.4, -0.2) is 37.0 Å². The molecule has 0 atom stereocenters. The van der Waals surface area contributed by atoms with Crippen molar-refractivity contribution >= 4 is 11.8 Å². The summed E-state index contributed by atoms with van der Waals surface area (Å²) in [6.07, 6.45) is 0. The number of carbonyl (C=O) groups is 2. The normalized spacial score (nSPS) is 10.4. The third-order valence-corrected chi connectivity index (χ3v) is 4.18. The van der Waals surface area contributed by atoms with E-state index in [0.29, 0.717) is 18.0 Å². The molecule has 6 nitrogen and oxygen atoms in total. The Labute approximate surface area is 160 Å². The van der Waals surface area contributed by atoms with Gasteiger partial charge in [-0.1, -0.05) is 36.4 Å². The minimum Gasteiger partial charge on any atom is -0.493 e. The molecule has 0 aromatic heterocycles. The van der Waals surface area contributed by atoms with Crippen molar-refractivity contribution in [3.63, 3.8) is 0 Å². The summed E-state index contributed by atoms with van der Waals surface area (Å²) in [4.78, 5) is 26.5. The average molecular weight is 370 g/mol. The van der Waals surface area contributed by atoms with E-state index in [-0.39, 0.29) is 12.6 Å². The molecule has 0 bridgehead atoms. The number of carbonyl (C=O) groups excluding carboxylic acids is 2. The molecule has 0 aliphatic carbocycles. The first kappa shape index (κ1) is 20.3. The van der Waals surface area contributed by atoms with E-state index in [4.69, 9.17) is 9.47 Å². The lowest BCUT2D eigenvalue weighted by Gasteiger charge is -2.26. The Bertz CT molecular complexity index is 775. The first-order valence-electron chi connectivity index (χ1n) is 8.80. The molecule has 2 aromatic rings. The second-order valence-electron chi connectivity index (χ2n) is 6.38. The van der Waals surface area contributed by atoms with Crippen LogP contribution >= 0.6 is 0 Å². The second-order valence-corrected chi connectivity index (χ2v) is 6.38. The maximum absolute atomic E-state index is 12.6. The molecule has 27 heavy (non-hydrogen) atoms. The van der Waals surface area contributed by atoms with E-state index >= 15 is 0 Å². The fourth-order valence-corrected chi connectivity index (χ4v) is 2.65. The summed E-state index contributed by atoms with van der Waals surface area (Å²) in [7, 11) is 3.11. The molecule has 1 N–H and O–H groups in total. The van der Waals surface area contributed by atoms with E-state index in [2.05, 4.69) is 5.32 Å². The van der Waals surface area contributed by atoms with Crippen molar-refractivity contribution in [2.24, 2.45) is 0 Å². The van der Waals surface area contributed by atoms with Gasteiger partial charge in [0.05, 0.1) is 14.2 Å². The quantitative estimate of drug-likeness (QED) is 0.761. The summed E-state index contributed by atoms with van der Waals surface area (Å²) >= 11 is 0. The lowest BCUT2D eigenvalue weighted by molar-refractivity contribution is -0.147. The zero-order valence-electron chi connectivity index (χ0n) is 16.2. The molecule has 0 unspecified atom stereocenters. The number of methoxy groups -OCH3 is 2. The van der Waals surface area contributed by atoms with Gasteiger partial charge in [-0.15, -0.1) is 0 Å². The van der Waals surface area contributed by atoms with Crippen LogP contribution in [0.5, 0.6) is 11.5 Å². The average Bonchev–Trinajstić information content (AvgIpc) is 2.69. The van der Waals surface area contributed by atoms with Gasteiger partial charge in [0.25, 0.3) is 0 Å². The van der Waals surface area contributed by atoms with Gasteiger partial charge in [-0.25, -0.2) is 0 Å². The summed E-state index contributed by atoms with van der Waals surface area (Å²) in [5.41, 5.74) is 1.79. The molecule has 6 heteroatoms. The molecule has 0 radical (unpaired) electrons. The van der Waals surface area contributed by atoms with Crippen LogP contribution < -0.4 is 14.8 Å². The van der Waals surface area contributed by atoms with Crippen molar-refractivity contribution in [2.45, 2.75) is 33.0 Å². The van der Waals surface area contributed by atoms with Gasteiger partial charge in [0.2, 0.25) is 0 Å². The van der Waals surface area contributed by atoms with Gasteiger partial charge in [-0.05, 0) is 37.1 Å². The highest BCUT2D eigenvalue weighted by Crippen LogP contribution is 2.27. The van der Waals surface area contributed by atoms with Crippen LogP contribution in [0.1, 0.15) is 25.0 Å². The van der Waals surface area contributed by atoms with Gasteiger partial charge < -0.3 is 19.7 Å². The monoisotopic (exact) mass is 370 g/mol. The highest BCUT2D eigenvalue weighted by Gasteiger charge is 2.24. The van der Waals surface area contributed by atoms with E-state index in [0.717, 1.165) is 11.1 Å². The first-order valence-corrected chi connectivity index (χ1v) is 8.80. The summed E-state index contributed by atoms with van der Waals surface area (Å²) in [6, 6.07) is 14.9. The fourth-order valence-electron chi connectivity index (χ4n) is 2.65. The van der Waals surface area contributed by atoms with Gasteiger partial charge >= 0.3 is 11.8 Å². The molecule has 2 amide bonds. The largest absolute Gasteiger partial charge is 0.493 e. The van der Waals surface area contributed by atoms with Crippen LogP contribution in [0.4, 0.5) is 0 Å². The smallest absolute Gasteiger partial charge is 0.312 e. The van der Waals surface area contributed by atoms with Crippen LogP contribution in [0.15, 0.2) is 48.5 Å². The highest BCUT2D eigenvalue weighted by molar-refractivity contribution is 6.35. The number of hydrogen-bond acceptors (Lipinski definition) is 4. The van der Waals surface area contributed by atoms with E-state index in [9.17, 15) is 9.59 Å². The molecular weight excluding hydrogens is 344 g/mol. The molecule has 144 valence electrons. The fraction of sp³-hybridized carbons (Fsp3) is 0.333. The van der Waals surface area contributed by atoms with Crippen molar-refractivity contribution < 1.29 is 19.1 Å². The van der Waals surface area contributed by atoms with Crippen molar-refractivity contribution in [1.82, 2.24) is 10.2 Å². The van der Waals surface area contributed by atoms with Gasteiger partial charge in [0.1, 0.15) is 0 Å². The molecule has 2 rings (SSSR count). The summed E-state index contributed by atoms with van der Waals surface area (Å²) in [5.74, 6) is 0.00435. The number of nitrogens with zero attached hydrogens (tertiary/aromatic N) is 1. The summed E-state index contributed by atoms with van der Waals surface area (Å²) < 4.78 is 10.5. The predicted octanol–water partition coefficient (Wildman–Crippen LogP) is 2.76. The Morgan fingerprint density at radius 2 is 1.63 bits per heavy atom. The Balaban J connectivity index is 2.02. The zero-order valence-corrected chi connectivity index (χ0v) is 16.2. The standard InChI is InChI=1S/C21H26N2O4/c1-15(2)23(14-16-8-6-5-7-9-16)21(25)20(24)22-13-17-10-11-18(26-3)19(12-17)27-4/h5-12,15H,13-14H2,1-4H3,(H,22,24). The number of nitrogens with one attached hydrogen (secondary N) is 1. The van der Waals surface area contributed by atoms with Crippen LogP contribution in [-0.2, 0) is 22.7 Å². The molecule has 0 saturated heterocycles. The van der Waals surface area contributed by atoms with Gasteiger partial charge in [-0.3, -0.25) is 9.59 Å². The molecule has 0 heterocycles. The number of amides is 2. The van der Waals surface area contributed by atoms with Crippen molar-refractivity contribution in [1.29, 1.82) is 0 Å². The SMILES string of the molecule is COc1ccc(CNC(=O)C(=O)N(Cc2ccccc2)C(C)C)cc1OC. The van der Waals surface area contributed by atoms with Gasteiger partial charge in [0.15, 0.2) is 11.5 Å². The third-order valence-electron chi connectivity index (χ3n) is 4.18.